The van der Waals surface area contributed by atoms with E-state index >= 15 is 0 Å². The van der Waals surface area contributed by atoms with Gasteiger partial charge >= 0.3 is 0 Å². The molecule has 14 heavy (non-hydrogen) atoms. The van der Waals surface area contributed by atoms with E-state index in [1.54, 1.807) is 0 Å². The highest BCUT2D eigenvalue weighted by molar-refractivity contribution is 5.82. The first kappa shape index (κ1) is 13.4. The molecule has 0 aromatic rings. The molecule has 0 radical (unpaired) electrons. The summed E-state index contributed by atoms with van der Waals surface area (Å²) in [5, 5.41) is 11.5. The highest BCUT2D eigenvalue weighted by atomic mass is 16.2. The van der Waals surface area contributed by atoms with Gasteiger partial charge in [0, 0.05) is 19.2 Å². The van der Waals surface area contributed by atoms with E-state index in [9.17, 15) is 4.79 Å². The van der Waals surface area contributed by atoms with Gasteiger partial charge in [0.05, 0.1) is 5.41 Å². The van der Waals surface area contributed by atoms with E-state index < -0.39 is 5.41 Å². The minimum absolute atomic E-state index is 0.0227. The van der Waals surface area contributed by atoms with E-state index in [1.165, 1.54) is 0 Å². The fourth-order valence-electron chi connectivity index (χ4n) is 0.982. The lowest BCUT2D eigenvalue weighted by atomic mass is 9.92. The van der Waals surface area contributed by atoms with Gasteiger partial charge in [-0.05, 0) is 33.6 Å². The van der Waals surface area contributed by atoms with Crippen molar-refractivity contribution in [2.75, 3.05) is 13.2 Å². The van der Waals surface area contributed by atoms with Crippen LogP contribution < -0.4 is 11.1 Å². The Hall–Kier alpha value is -0.610. The summed E-state index contributed by atoms with van der Waals surface area (Å²) in [7, 11) is 0. The highest BCUT2D eigenvalue weighted by Gasteiger charge is 2.26. The molecule has 1 atom stereocenters. The van der Waals surface area contributed by atoms with Crippen molar-refractivity contribution in [1.82, 2.24) is 5.32 Å². The molecular formula is C10H22N2O2. The molecule has 4 heteroatoms. The van der Waals surface area contributed by atoms with Crippen molar-refractivity contribution in [2.24, 2.45) is 11.1 Å². The zero-order chi connectivity index (χ0) is 11.2. The van der Waals surface area contributed by atoms with Gasteiger partial charge in [0.1, 0.15) is 0 Å². The molecule has 1 amide bonds. The largest absolute Gasteiger partial charge is 0.396 e. The van der Waals surface area contributed by atoms with Gasteiger partial charge in [-0.1, -0.05) is 0 Å². The van der Waals surface area contributed by atoms with Crippen LogP contribution in [0.2, 0.25) is 0 Å². The first-order chi connectivity index (χ1) is 6.44. The van der Waals surface area contributed by atoms with E-state index in [-0.39, 0.29) is 18.6 Å². The van der Waals surface area contributed by atoms with Gasteiger partial charge in [0.15, 0.2) is 0 Å². The lowest BCUT2D eigenvalue weighted by Gasteiger charge is -2.24. The lowest BCUT2D eigenvalue weighted by Crippen LogP contribution is -2.45. The molecule has 1 unspecified atom stereocenters. The summed E-state index contributed by atoms with van der Waals surface area (Å²) in [6, 6.07) is 0.0977. The van der Waals surface area contributed by atoms with Crippen LogP contribution >= 0.6 is 0 Å². The molecule has 4 nitrogen and oxygen atoms in total. The molecule has 0 rings (SSSR count). The summed E-state index contributed by atoms with van der Waals surface area (Å²) in [6.07, 6.45) is 1.51. The number of rotatable bonds is 6. The first-order valence-electron chi connectivity index (χ1n) is 5.06. The van der Waals surface area contributed by atoms with Gasteiger partial charge in [0.25, 0.3) is 0 Å². The van der Waals surface area contributed by atoms with E-state index in [1.807, 2.05) is 20.8 Å². The van der Waals surface area contributed by atoms with Crippen LogP contribution in [-0.4, -0.2) is 30.2 Å². The Labute approximate surface area is 85.9 Å². The number of amides is 1. The SMILES string of the molecule is CC(CCCO)NC(=O)C(C)(C)CN. The maximum absolute atomic E-state index is 11.6. The van der Waals surface area contributed by atoms with Gasteiger partial charge < -0.3 is 16.2 Å². The molecule has 4 N–H and O–H groups in total. The van der Waals surface area contributed by atoms with E-state index in [2.05, 4.69) is 5.32 Å². The number of carbonyl (C=O) groups excluding carboxylic acids is 1. The Kier molecular flexibility index (Phi) is 5.72. The van der Waals surface area contributed by atoms with E-state index in [0.29, 0.717) is 13.0 Å². The third kappa shape index (κ3) is 4.58. The number of aliphatic hydroxyl groups excluding tert-OH is 1. The summed E-state index contributed by atoms with van der Waals surface area (Å²) in [4.78, 5) is 11.6. The molecule has 0 heterocycles. The second-order valence-electron chi connectivity index (χ2n) is 4.33. The predicted octanol–water partition coefficient (Wildman–Crippen LogP) is 0.249. The second kappa shape index (κ2) is 5.98. The number of hydrogen-bond acceptors (Lipinski definition) is 3. The fourth-order valence-corrected chi connectivity index (χ4v) is 0.982. The quantitative estimate of drug-likeness (QED) is 0.578. The van der Waals surface area contributed by atoms with Crippen molar-refractivity contribution in [3.63, 3.8) is 0 Å². The zero-order valence-electron chi connectivity index (χ0n) is 9.34. The van der Waals surface area contributed by atoms with Crippen LogP contribution in [0, 0.1) is 5.41 Å². The topological polar surface area (TPSA) is 75.3 Å². The lowest BCUT2D eigenvalue weighted by molar-refractivity contribution is -0.129. The Balaban J connectivity index is 3.93. The molecular weight excluding hydrogens is 180 g/mol. The Morgan fingerprint density at radius 3 is 2.57 bits per heavy atom. The van der Waals surface area contributed by atoms with Crippen LogP contribution in [0.5, 0.6) is 0 Å². The highest BCUT2D eigenvalue weighted by Crippen LogP contribution is 2.13. The molecule has 0 fully saturated rings. The van der Waals surface area contributed by atoms with Crippen molar-refractivity contribution < 1.29 is 9.90 Å². The smallest absolute Gasteiger partial charge is 0.227 e. The molecule has 0 saturated carbocycles. The number of nitrogens with one attached hydrogen (secondary N) is 1. The molecule has 0 aliphatic heterocycles. The summed E-state index contributed by atoms with van der Waals surface area (Å²) in [5.74, 6) is -0.0227. The monoisotopic (exact) mass is 202 g/mol. The maximum Gasteiger partial charge on any atom is 0.227 e. The number of aliphatic hydroxyl groups is 1. The van der Waals surface area contributed by atoms with Gasteiger partial charge in [-0.25, -0.2) is 0 Å². The molecule has 0 aromatic carbocycles. The minimum Gasteiger partial charge on any atom is -0.396 e. The molecule has 0 aliphatic carbocycles. The van der Waals surface area contributed by atoms with Gasteiger partial charge in [-0.2, -0.15) is 0 Å². The van der Waals surface area contributed by atoms with Crippen LogP contribution in [0.15, 0.2) is 0 Å². The van der Waals surface area contributed by atoms with Gasteiger partial charge in [-0.3, -0.25) is 4.79 Å². The average Bonchev–Trinajstić information content (AvgIpc) is 2.14. The van der Waals surface area contributed by atoms with Crippen molar-refractivity contribution in [2.45, 2.75) is 39.7 Å². The van der Waals surface area contributed by atoms with E-state index in [0.717, 1.165) is 6.42 Å². The first-order valence-corrected chi connectivity index (χ1v) is 5.06. The van der Waals surface area contributed by atoms with Crippen molar-refractivity contribution in [1.29, 1.82) is 0 Å². The molecule has 84 valence electrons. The normalized spacial score (nSPS) is 13.8. The standard InChI is InChI=1S/C10H22N2O2/c1-8(5-4-6-13)12-9(14)10(2,3)7-11/h8,13H,4-7,11H2,1-3H3,(H,12,14). The van der Waals surface area contributed by atoms with Crippen molar-refractivity contribution >= 4 is 5.91 Å². The zero-order valence-corrected chi connectivity index (χ0v) is 9.34. The Bertz CT molecular complexity index is 181. The third-order valence-electron chi connectivity index (χ3n) is 2.30. The summed E-state index contributed by atoms with van der Waals surface area (Å²) < 4.78 is 0. The molecule has 0 saturated heterocycles. The average molecular weight is 202 g/mol. The van der Waals surface area contributed by atoms with Crippen LogP contribution in [0.1, 0.15) is 33.6 Å². The fraction of sp³-hybridized carbons (Fsp3) is 0.900. The van der Waals surface area contributed by atoms with Crippen molar-refractivity contribution in [3.05, 3.63) is 0 Å². The molecule has 0 aliphatic rings. The molecule has 0 bridgehead atoms. The van der Waals surface area contributed by atoms with Crippen LogP contribution in [0.25, 0.3) is 0 Å². The summed E-state index contributed by atoms with van der Waals surface area (Å²) >= 11 is 0. The maximum atomic E-state index is 11.6. The summed E-state index contributed by atoms with van der Waals surface area (Å²) in [6.45, 7) is 6.08. The third-order valence-corrected chi connectivity index (χ3v) is 2.30. The number of nitrogens with two attached hydrogens (primary N) is 1. The number of carbonyl (C=O) groups is 1. The van der Waals surface area contributed by atoms with Crippen LogP contribution in [0.4, 0.5) is 0 Å². The van der Waals surface area contributed by atoms with Gasteiger partial charge in [0.2, 0.25) is 5.91 Å². The molecule has 0 aromatic heterocycles. The van der Waals surface area contributed by atoms with E-state index in [4.69, 9.17) is 10.8 Å². The minimum atomic E-state index is -0.506. The van der Waals surface area contributed by atoms with Crippen LogP contribution in [0.3, 0.4) is 0 Å². The molecule has 0 spiro atoms. The predicted molar refractivity (Wildman–Crippen MR) is 56.8 cm³/mol. The summed E-state index contributed by atoms with van der Waals surface area (Å²) in [5.41, 5.74) is 4.98. The van der Waals surface area contributed by atoms with Crippen LogP contribution in [-0.2, 0) is 4.79 Å². The number of hydrogen-bond donors (Lipinski definition) is 3. The van der Waals surface area contributed by atoms with Gasteiger partial charge in [-0.15, -0.1) is 0 Å². The second-order valence-corrected chi connectivity index (χ2v) is 4.33. The Morgan fingerprint density at radius 2 is 2.14 bits per heavy atom. The van der Waals surface area contributed by atoms with Crippen molar-refractivity contribution in [3.8, 4) is 0 Å². The Morgan fingerprint density at radius 1 is 1.57 bits per heavy atom.